The van der Waals surface area contributed by atoms with Crippen LogP contribution in [0.3, 0.4) is 0 Å². The molecule has 1 heteroatoms. The molecule has 0 saturated heterocycles. The van der Waals surface area contributed by atoms with E-state index in [4.69, 9.17) is 0 Å². The van der Waals surface area contributed by atoms with Crippen LogP contribution in [-0.2, 0) is 0 Å². The fraction of sp³-hybridized carbons (Fsp3) is 1.00. The molecule has 2 atom stereocenters. The summed E-state index contributed by atoms with van der Waals surface area (Å²) in [5, 5.41) is 3.93. The van der Waals surface area contributed by atoms with Crippen LogP contribution in [0.5, 0.6) is 0 Å². The maximum absolute atomic E-state index is 3.93. The Balaban J connectivity index is 1.83. The Hall–Kier alpha value is -0.0400. The number of hydrogen-bond donors (Lipinski definition) is 1. The lowest BCUT2D eigenvalue weighted by atomic mass is 9.74. The van der Waals surface area contributed by atoms with E-state index in [0.29, 0.717) is 5.41 Å². The molecule has 0 aromatic heterocycles. The van der Waals surface area contributed by atoms with Crippen LogP contribution >= 0.6 is 0 Å². The third-order valence-corrected chi connectivity index (χ3v) is 5.37. The SMILES string of the molecule is CC1CCCC(C)C1NCC1(C)CCCCC1. The van der Waals surface area contributed by atoms with Gasteiger partial charge in [-0.25, -0.2) is 0 Å². The van der Waals surface area contributed by atoms with E-state index in [2.05, 4.69) is 26.1 Å². The zero-order valence-corrected chi connectivity index (χ0v) is 12.1. The molecule has 0 bridgehead atoms. The summed E-state index contributed by atoms with van der Waals surface area (Å²) in [6, 6.07) is 0.780. The van der Waals surface area contributed by atoms with E-state index < -0.39 is 0 Å². The molecule has 100 valence electrons. The van der Waals surface area contributed by atoms with Crippen LogP contribution in [0, 0.1) is 17.3 Å². The third-order valence-electron chi connectivity index (χ3n) is 5.37. The molecule has 2 saturated carbocycles. The first-order valence-corrected chi connectivity index (χ1v) is 7.84. The van der Waals surface area contributed by atoms with Gasteiger partial charge < -0.3 is 5.32 Å². The Morgan fingerprint density at radius 3 is 2.12 bits per heavy atom. The maximum atomic E-state index is 3.93. The molecule has 2 fully saturated rings. The van der Waals surface area contributed by atoms with E-state index in [9.17, 15) is 0 Å². The largest absolute Gasteiger partial charge is 0.313 e. The van der Waals surface area contributed by atoms with Crippen molar-refractivity contribution in [2.24, 2.45) is 17.3 Å². The monoisotopic (exact) mass is 237 g/mol. The van der Waals surface area contributed by atoms with Crippen LogP contribution in [0.25, 0.3) is 0 Å². The smallest absolute Gasteiger partial charge is 0.0118 e. The molecule has 2 aliphatic carbocycles. The molecule has 2 aliphatic rings. The first-order chi connectivity index (χ1) is 8.11. The predicted octanol–water partition coefficient (Wildman–Crippen LogP) is 4.37. The fourth-order valence-corrected chi connectivity index (χ4v) is 4.03. The Morgan fingerprint density at radius 2 is 1.53 bits per heavy atom. The van der Waals surface area contributed by atoms with Crippen molar-refractivity contribution in [1.82, 2.24) is 5.32 Å². The maximum Gasteiger partial charge on any atom is 0.0118 e. The van der Waals surface area contributed by atoms with E-state index in [0.717, 1.165) is 17.9 Å². The molecule has 0 radical (unpaired) electrons. The van der Waals surface area contributed by atoms with Gasteiger partial charge in [0.1, 0.15) is 0 Å². The first kappa shape index (κ1) is 13.4. The highest BCUT2D eigenvalue weighted by molar-refractivity contribution is 4.87. The number of hydrogen-bond acceptors (Lipinski definition) is 1. The summed E-state index contributed by atoms with van der Waals surface area (Å²) in [6.45, 7) is 8.64. The highest BCUT2D eigenvalue weighted by atomic mass is 14.9. The summed E-state index contributed by atoms with van der Waals surface area (Å²) in [4.78, 5) is 0. The zero-order valence-electron chi connectivity index (χ0n) is 12.1. The molecule has 2 unspecified atom stereocenters. The van der Waals surface area contributed by atoms with Crippen molar-refractivity contribution < 1.29 is 0 Å². The molecule has 1 nitrogen and oxygen atoms in total. The lowest BCUT2D eigenvalue weighted by molar-refractivity contribution is 0.154. The normalized spacial score (nSPS) is 37.9. The van der Waals surface area contributed by atoms with Gasteiger partial charge in [0.2, 0.25) is 0 Å². The molecule has 2 rings (SSSR count). The van der Waals surface area contributed by atoms with Crippen LogP contribution < -0.4 is 5.32 Å². The van der Waals surface area contributed by atoms with Crippen molar-refractivity contribution in [3.63, 3.8) is 0 Å². The van der Waals surface area contributed by atoms with Gasteiger partial charge in [-0.15, -0.1) is 0 Å². The van der Waals surface area contributed by atoms with E-state index in [-0.39, 0.29) is 0 Å². The van der Waals surface area contributed by atoms with Crippen molar-refractivity contribution >= 4 is 0 Å². The van der Waals surface area contributed by atoms with Crippen molar-refractivity contribution in [3.8, 4) is 0 Å². The number of rotatable bonds is 3. The van der Waals surface area contributed by atoms with Crippen molar-refractivity contribution in [2.45, 2.75) is 78.2 Å². The standard InChI is InChI=1S/C16H31N/c1-13-8-7-9-14(2)15(13)17-12-16(3)10-5-4-6-11-16/h13-15,17H,4-12H2,1-3H3. The molecule has 0 aromatic rings. The first-order valence-electron chi connectivity index (χ1n) is 7.84. The van der Waals surface area contributed by atoms with Crippen molar-refractivity contribution in [1.29, 1.82) is 0 Å². The molecular formula is C16H31N. The summed E-state index contributed by atoms with van der Waals surface area (Å²) >= 11 is 0. The molecular weight excluding hydrogens is 206 g/mol. The van der Waals surface area contributed by atoms with Crippen LogP contribution in [0.15, 0.2) is 0 Å². The van der Waals surface area contributed by atoms with Crippen LogP contribution in [0.1, 0.15) is 72.1 Å². The lowest BCUT2D eigenvalue weighted by Crippen LogP contribution is -2.47. The minimum atomic E-state index is 0.592. The second-order valence-electron chi connectivity index (χ2n) is 7.16. The topological polar surface area (TPSA) is 12.0 Å². The summed E-state index contributed by atoms with van der Waals surface area (Å²) in [5.41, 5.74) is 0.592. The minimum absolute atomic E-state index is 0.592. The fourth-order valence-electron chi connectivity index (χ4n) is 4.03. The van der Waals surface area contributed by atoms with Gasteiger partial charge >= 0.3 is 0 Å². The van der Waals surface area contributed by atoms with Crippen LogP contribution in [-0.4, -0.2) is 12.6 Å². The molecule has 17 heavy (non-hydrogen) atoms. The van der Waals surface area contributed by atoms with Gasteiger partial charge in [-0.05, 0) is 42.9 Å². The zero-order chi connectivity index (χ0) is 12.3. The number of nitrogens with one attached hydrogen (secondary N) is 1. The molecule has 0 amide bonds. The molecule has 0 heterocycles. The second-order valence-corrected chi connectivity index (χ2v) is 7.16. The Morgan fingerprint density at radius 1 is 0.941 bits per heavy atom. The van der Waals surface area contributed by atoms with Crippen LogP contribution in [0.2, 0.25) is 0 Å². The van der Waals surface area contributed by atoms with Gasteiger partial charge in [0.25, 0.3) is 0 Å². The van der Waals surface area contributed by atoms with E-state index in [1.54, 1.807) is 0 Å². The summed E-state index contributed by atoms with van der Waals surface area (Å²) in [5.74, 6) is 1.76. The van der Waals surface area contributed by atoms with Gasteiger partial charge in [-0.3, -0.25) is 0 Å². The second kappa shape index (κ2) is 5.73. The predicted molar refractivity (Wildman–Crippen MR) is 75.2 cm³/mol. The average molecular weight is 237 g/mol. The highest BCUT2D eigenvalue weighted by Crippen LogP contribution is 2.36. The van der Waals surface area contributed by atoms with Gasteiger partial charge in [0, 0.05) is 12.6 Å². The molecule has 0 aliphatic heterocycles. The van der Waals surface area contributed by atoms with Gasteiger partial charge in [-0.1, -0.05) is 46.5 Å². The third kappa shape index (κ3) is 3.47. The van der Waals surface area contributed by atoms with Gasteiger partial charge in [0.15, 0.2) is 0 Å². The molecule has 0 spiro atoms. The summed E-state index contributed by atoms with van der Waals surface area (Å²) < 4.78 is 0. The Labute approximate surface area is 108 Å². The quantitative estimate of drug-likeness (QED) is 0.768. The average Bonchev–Trinajstić information content (AvgIpc) is 2.29. The Bertz CT molecular complexity index is 220. The van der Waals surface area contributed by atoms with E-state index in [1.165, 1.54) is 57.9 Å². The molecule has 0 aromatic carbocycles. The highest BCUT2D eigenvalue weighted by Gasteiger charge is 2.31. The molecule has 1 N–H and O–H groups in total. The van der Waals surface area contributed by atoms with E-state index >= 15 is 0 Å². The van der Waals surface area contributed by atoms with Gasteiger partial charge in [0.05, 0.1) is 0 Å². The van der Waals surface area contributed by atoms with Crippen LogP contribution in [0.4, 0.5) is 0 Å². The van der Waals surface area contributed by atoms with E-state index in [1.807, 2.05) is 0 Å². The van der Waals surface area contributed by atoms with Crippen molar-refractivity contribution in [3.05, 3.63) is 0 Å². The van der Waals surface area contributed by atoms with Gasteiger partial charge in [-0.2, -0.15) is 0 Å². The van der Waals surface area contributed by atoms with Crippen molar-refractivity contribution in [2.75, 3.05) is 6.54 Å². The minimum Gasteiger partial charge on any atom is -0.313 e. The summed E-state index contributed by atoms with van der Waals surface area (Å²) in [6.07, 6.45) is 11.5. The lowest BCUT2D eigenvalue weighted by Gasteiger charge is -2.40. The summed E-state index contributed by atoms with van der Waals surface area (Å²) in [7, 11) is 0. The Kier molecular flexibility index (Phi) is 4.52.